The van der Waals surface area contributed by atoms with Crippen LogP contribution in [0.2, 0.25) is 5.02 Å². The van der Waals surface area contributed by atoms with Gasteiger partial charge in [-0.05, 0) is 13.0 Å². The number of benzene rings is 1. The summed E-state index contributed by atoms with van der Waals surface area (Å²) in [7, 11) is 0. The van der Waals surface area contributed by atoms with Crippen LogP contribution in [0.5, 0.6) is 0 Å². The smallest absolute Gasteiger partial charge is 0.254 e. The summed E-state index contributed by atoms with van der Waals surface area (Å²) in [6.07, 6.45) is 0.608. The van der Waals surface area contributed by atoms with Gasteiger partial charge in [0.1, 0.15) is 0 Å². The van der Waals surface area contributed by atoms with Gasteiger partial charge in [0.05, 0.1) is 17.9 Å². The first kappa shape index (κ1) is 13.6. The second-order valence-electron chi connectivity index (χ2n) is 4.16. The Labute approximate surface area is 115 Å². The summed E-state index contributed by atoms with van der Waals surface area (Å²) in [5, 5.41) is 19.6. The number of halogens is 1. The minimum Gasteiger partial charge on any atom is -0.387 e. The number of aromatic nitrogens is 2. The number of hydrogen-bond donors (Lipinski definition) is 3. The van der Waals surface area contributed by atoms with E-state index >= 15 is 0 Å². The third-order valence-electron chi connectivity index (χ3n) is 2.79. The minimum atomic E-state index is -0.843. The van der Waals surface area contributed by atoms with Gasteiger partial charge in [-0.15, -0.1) is 0 Å². The van der Waals surface area contributed by atoms with Crippen LogP contribution in [-0.2, 0) is 0 Å². The summed E-state index contributed by atoms with van der Waals surface area (Å²) in [4.78, 5) is 11.8. The molecule has 6 heteroatoms. The molecular weight excluding hydrogens is 266 g/mol. The maximum Gasteiger partial charge on any atom is 0.254 e. The lowest BCUT2D eigenvalue weighted by Crippen LogP contribution is -2.28. The molecule has 1 aromatic heterocycles. The highest BCUT2D eigenvalue weighted by Gasteiger charge is 2.15. The van der Waals surface area contributed by atoms with E-state index in [0.717, 1.165) is 0 Å². The van der Waals surface area contributed by atoms with Gasteiger partial charge in [-0.25, -0.2) is 0 Å². The molecule has 0 saturated carbocycles. The van der Waals surface area contributed by atoms with Crippen molar-refractivity contribution >= 4 is 17.5 Å². The van der Waals surface area contributed by atoms with Gasteiger partial charge >= 0.3 is 0 Å². The molecule has 19 heavy (non-hydrogen) atoms. The maximum atomic E-state index is 11.8. The number of amides is 1. The minimum absolute atomic E-state index is 0.0905. The second-order valence-corrected chi connectivity index (χ2v) is 4.56. The average Bonchev–Trinajstić information content (AvgIpc) is 2.82. The normalized spacial score (nSPS) is 12.2. The van der Waals surface area contributed by atoms with Gasteiger partial charge in [-0.2, -0.15) is 5.10 Å². The Kier molecular flexibility index (Phi) is 4.19. The van der Waals surface area contributed by atoms with Crippen LogP contribution in [0.3, 0.4) is 0 Å². The SMILES string of the molecule is Cc1[nH]ncc1C(=O)NC[C@@H](O)c1ccccc1Cl. The first-order valence-electron chi connectivity index (χ1n) is 5.80. The number of hydrogen-bond acceptors (Lipinski definition) is 3. The van der Waals surface area contributed by atoms with Crippen LogP contribution < -0.4 is 5.32 Å². The molecule has 0 saturated heterocycles. The fourth-order valence-corrected chi connectivity index (χ4v) is 1.98. The van der Waals surface area contributed by atoms with E-state index in [1.54, 1.807) is 31.2 Å². The van der Waals surface area contributed by atoms with Gasteiger partial charge in [-0.1, -0.05) is 29.8 Å². The Morgan fingerprint density at radius 1 is 1.53 bits per heavy atom. The average molecular weight is 280 g/mol. The number of H-pyrrole nitrogens is 1. The van der Waals surface area contributed by atoms with Crippen molar-refractivity contribution in [2.24, 2.45) is 0 Å². The molecule has 2 aromatic rings. The van der Waals surface area contributed by atoms with Gasteiger partial charge in [0.15, 0.2) is 0 Å². The van der Waals surface area contributed by atoms with Crippen molar-refractivity contribution in [1.82, 2.24) is 15.5 Å². The number of carbonyl (C=O) groups excluding carboxylic acids is 1. The number of aliphatic hydroxyl groups excluding tert-OH is 1. The molecule has 1 heterocycles. The Balaban J connectivity index is 1.98. The first-order valence-corrected chi connectivity index (χ1v) is 6.18. The molecule has 0 bridgehead atoms. The van der Waals surface area contributed by atoms with E-state index < -0.39 is 6.10 Å². The zero-order valence-electron chi connectivity index (χ0n) is 10.4. The van der Waals surface area contributed by atoms with Crippen molar-refractivity contribution in [3.63, 3.8) is 0 Å². The third kappa shape index (κ3) is 3.13. The molecule has 3 N–H and O–H groups in total. The van der Waals surface area contributed by atoms with Gasteiger partial charge in [0.2, 0.25) is 0 Å². The lowest BCUT2D eigenvalue weighted by atomic mass is 10.1. The number of carbonyl (C=O) groups is 1. The topological polar surface area (TPSA) is 78.0 Å². The van der Waals surface area contributed by atoms with Crippen molar-refractivity contribution in [3.8, 4) is 0 Å². The summed E-state index contributed by atoms with van der Waals surface area (Å²) < 4.78 is 0. The summed E-state index contributed by atoms with van der Waals surface area (Å²) in [5.41, 5.74) is 1.74. The van der Waals surface area contributed by atoms with Gasteiger partial charge in [-0.3, -0.25) is 9.89 Å². The van der Waals surface area contributed by atoms with Gasteiger partial charge < -0.3 is 10.4 Å². The summed E-state index contributed by atoms with van der Waals surface area (Å²) in [5.74, 6) is -0.280. The van der Waals surface area contributed by atoms with E-state index in [-0.39, 0.29) is 12.5 Å². The Bertz CT molecular complexity index is 583. The van der Waals surface area contributed by atoms with Crippen molar-refractivity contribution in [2.45, 2.75) is 13.0 Å². The van der Waals surface area contributed by atoms with Crippen LogP contribution >= 0.6 is 11.6 Å². The van der Waals surface area contributed by atoms with E-state index in [1.165, 1.54) is 6.20 Å². The number of nitrogens with one attached hydrogen (secondary N) is 2. The first-order chi connectivity index (χ1) is 9.09. The predicted octanol–water partition coefficient (Wildman–Crippen LogP) is 1.83. The molecule has 100 valence electrons. The quantitative estimate of drug-likeness (QED) is 0.799. The number of nitrogens with zero attached hydrogens (tertiary/aromatic N) is 1. The van der Waals surface area contributed by atoms with Crippen LogP contribution in [0.15, 0.2) is 30.5 Å². The molecule has 0 fully saturated rings. The van der Waals surface area contributed by atoms with Crippen LogP contribution in [0.25, 0.3) is 0 Å². The fourth-order valence-electron chi connectivity index (χ4n) is 1.72. The zero-order chi connectivity index (χ0) is 13.8. The Morgan fingerprint density at radius 3 is 2.89 bits per heavy atom. The zero-order valence-corrected chi connectivity index (χ0v) is 11.1. The van der Waals surface area contributed by atoms with Crippen LogP contribution in [0.4, 0.5) is 0 Å². The molecule has 2 rings (SSSR count). The number of aliphatic hydroxyl groups is 1. The molecule has 0 aliphatic heterocycles. The number of aromatic amines is 1. The number of aryl methyl sites for hydroxylation is 1. The second kappa shape index (κ2) is 5.86. The third-order valence-corrected chi connectivity index (χ3v) is 3.14. The summed E-state index contributed by atoms with van der Waals surface area (Å²) >= 11 is 5.97. The van der Waals surface area contributed by atoms with E-state index in [4.69, 9.17) is 11.6 Å². The maximum absolute atomic E-state index is 11.8. The Hall–Kier alpha value is -1.85. The highest BCUT2D eigenvalue weighted by Crippen LogP contribution is 2.21. The van der Waals surface area contributed by atoms with E-state index in [9.17, 15) is 9.90 Å². The molecule has 5 nitrogen and oxygen atoms in total. The van der Waals surface area contributed by atoms with Crippen molar-refractivity contribution in [1.29, 1.82) is 0 Å². The molecule has 1 atom stereocenters. The fraction of sp³-hybridized carbons (Fsp3) is 0.231. The van der Waals surface area contributed by atoms with Crippen molar-refractivity contribution < 1.29 is 9.90 Å². The molecule has 1 amide bonds. The van der Waals surface area contributed by atoms with E-state index in [1.807, 2.05) is 0 Å². The highest BCUT2D eigenvalue weighted by atomic mass is 35.5. The van der Waals surface area contributed by atoms with E-state index in [0.29, 0.717) is 21.8 Å². The Morgan fingerprint density at radius 2 is 2.26 bits per heavy atom. The van der Waals surface area contributed by atoms with Crippen molar-refractivity contribution in [2.75, 3.05) is 6.54 Å². The predicted molar refractivity (Wildman–Crippen MR) is 72.1 cm³/mol. The molecular formula is C13H14ClN3O2. The van der Waals surface area contributed by atoms with Crippen molar-refractivity contribution in [3.05, 3.63) is 52.3 Å². The monoisotopic (exact) mass is 279 g/mol. The lowest BCUT2D eigenvalue weighted by Gasteiger charge is -2.13. The van der Waals surface area contributed by atoms with Gasteiger partial charge in [0, 0.05) is 22.8 Å². The summed E-state index contributed by atoms with van der Waals surface area (Å²) in [6.45, 7) is 1.85. The molecule has 0 aliphatic carbocycles. The van der Waals surface area contributed by atoms with Crippen LogP contribution in [0.1, 0.15) is 27.7 Å². The summed E-state index contributed by atoms with van der Waals surface area (Å²) in [6, 6.07) is 6.99. The molecule has 0 spiro atoms. The molecule has 0 unspecified atom stereocenters. The molecule has 0 aliphatic rings. The highest BCUT2D eigenvalue weighted by molar-refractivity contribution is 6.31. The molecule has 1 aromatic carbocycles. The van der Waals surface area contributed by atoms with E-state index in [2.05, 4.69) is 15.5 Å². The standard InChI is InChI=1S/C13H14ClN3O2/c1-8-10(6-16-17-8)13(19)15-7-12(18)9-4-2-3-5-11(9)14/h2-6,12,18H,7H2,1H3,(H,15,19)(H,16,17)/t12-/m1/s1. The van der Waals surface area contributed by atoms with Crippen LogP contribution in [0, 0.1) is 6.92 Å². The largest absolute Gasteiger partial charge is 0.387 e. The van der Waals surface area contributed by atoms with Gasteiger partial charge in [0.25, 0.3) is 5.91 Å². The molecule has 0 radical (unpaired) electrons. The van der Waals surface area contributed by atoms with Crippen LogP contribution in [-0.4, -0.2) is 27.8 Å². The lowest BCUT2D eigenvalue weighted by molar-refractivity contribution is 0.0916. The number of rotatable bonds is 4.